The monoisotopic (exact) mass is 1360 g/mol. The molecular weight excluding hydrogens is 1280 g/mol. The predicted molar refractivity (Wildman–Crippen MR) is 442 cm³/mol. The van der Waals surface area contributed by atoms with Crippen molar-refractivity contribution < 1.29 is 11.0 Å². The highest BCUT2D eigenvalue weighted by atomic mass is 15.2. The fourth-order valence-corrected chi connectivity index (χ4v) is 17.0. The SMILES string of the molecule is [2H]c1c([2H])c([2H])c2c(c1[2H])c1c([2H])c([2H])c([2H])c([2H])c1n2-c1ccc2c(c1)N(c1cc(-n3c4ccccc4c4cc(C(C)(C)C)ccc43)ccc1C#N)c1cc(C(C)(C)C)cc3c1B2c1ccc(-n2c4ccc(C(C)(C)C)cc4c4cc(C(C)(C)C)ccc42)cc1N3c1cccc(-n2c3ccccc3c3ccccc32)c1C#N. The molecule has 0 unspecified atom stereocenters. The number of hydrogen-bond acceptors (Lipinski definition) is 4. The Labute approximate surface area is 624 Å². The summed E-state index contributed by atoms with van der Waals surface area (Å²) in [7, 11) is 0. The minimum absolute atomic E-state index is 0.0179. The van der Waals surface area contributed by atoms with E-state index in [2.05, 4.69) is 276 Å². The molecule has 4 aromatic heterocycles. The molecule has 0 spiro atoms. The number of aromatic nitrogens is 4. The maximum Gasteiger partial charge on any atom is 0.252 e. The van der Waals surface area contributed by atoms with Gasteiger partial charge in [0.1, 0.15) is 17.7 Å². The summed E-state index contributed by atoms with van der Waals surface area (Å²) in [4.78, 5) is 4.48. The summed E-state index contributed by atoms with van der Waals surface area (Å²) in [5, 5.41) is 30.8. The van der Waals surface area contributed by atoms with E-state index >= 15 is 0 Å². The minimum Gasteiger partial charge on any atom is -0.310 e. The highest BCUT2D eigenvalue weighted by Crippen LogP contribution is 2.51. The molecule has 2 aliphatic heterocycles. The molecule has 506 valence electrons. The van der Waals surface area contributed by atoms with Crippen LogP contribution in [-0.4, -0.2) is 25.0 Å². The fraction of sp³-hybridized carbons (Fsp3) is 0.167. The Morgan fingerprint density at radius 3 is 1.13 bits per heavy atom. The van der Waals surface area contributed by atoms with Crippen molar-refractivity contribution in [3.63, 3.8) is 0 Å². The first-order chi connectivity index (χ1) is 53.9. The quantitative estimate of drug-likeness (QED) is 0.156. The lowest BCUT2D eigenvalue weighted by molar-refractivity contribution is 0.590. The number of hydrogen-bond donors (Lipinski definition) is 0. The first-order valence-electron chi connectivity index (χ1n) is 40.1. The van der Waals surface area contributed by atoms with Gasteiger partial charge in [-0.1, -0.05) is 210 Å². The first kappa shape index (κ1) is 55.3. The third-order valence-corrected chi connectivity index (χ3v) is 22.3. The molecule has 0 N–H and O–H groups in total. The van der Waals surface area contributed by atoms with Crippen LogP contribution in [0.3, 0.4) is 0 Å². The van der Waals surface area contributed by atoms with Gasteiger partial charge in [0.15, 0.2) is 0 Å². The molecule has 0 saturated heterocycles. The van der Waals surface area contributed by atoms with Crippen molar-refractivity contribution in [1.29, 1.82) is 10.5 Å². The zero-order valence-corrected chi connectivity index (χ0v) is 60.9. The van der Waals surface area contributed by atoms with Crippen molar-refractivity contribution in [3.8, 4) is 34.9 Å². The van der Waals surface area contributed by atoms with E-state index in [-0.39, 0.29) is 38.1 Å². The van der Waals surface area contributed by atoms with Crippen LogP contribution >= 0.6 is 0 Å². The minimum atomic E-state index is -0.613. The smallest absolute Gasteiger partial charge is 0.252 e. The zero-order chi connectivity index (χ0) is 79.0. The molecule has 17 aromatic rings. The molecule has 0 atom stereocenters. The van der Waals surface area contributed by atoms with Gasteiger partial charge < -0.3 is 28.1 Å². The van der Waals surface area contributed by atoms with Gasteiger partial charge in [0.05, 0.1) is 77.7 Å². The van der Waals surface area contributed by atoms with Crippen molar-refractivity contribution in [3.05, 3.63) is 294 Å². The van der Waals surface area contributed by atoms with Crippen LogP contribution in [0.1, 0.15) is 127 Å². The van der Waals surface area contributed by atoms with E-state index in [9.17, 15) is 18.7 Å². The van der Waals surface area contributed by atoms with Gasteiger partial charge in [0, 0.05) is 82.9 Å². The molecule has 0 fully saturated rings. The van der Waals surface area contributed by atoms with Crippen LogP contribution in [0.5, 0.6) is 0 Å². The molecule has 8 nitrogen and oxygen atoms in total. The Morgan fingerprint density at radius 1 is 0.295 bits per heavy atom. The van der Waals surface area contributed by atoms with Gasteiger partial charge in [-0.05, 0) is 194 Å². The van der Waals surface area contributed by atoms with Crippen molar-refractivity contribution in [2.45, 2.75) is 105 Å². The molecule has 0 saturated carbocycles. The average molecular weight is 1360 g/mol. The third kappa shape index (κ3) is 9.50. The highest BCUT2D eigenvalue weighted by molar-refractivity contribution is 7.00. The fourth-order valence-electron chi connectivity index (χ4n) is 17.0. The largest absolute Gasteiger partial charge is 0.310 e. The van der Waals surface area contributed by atoms with Crippen molar-refractivity contribution in [1.82, 2.24) is 18.3 Å². The third-order valence-electron chi connectivity index (χ3n) is 22.3. The number of nitrogens with zero attached hydrogens (tertiary/aromatic N) is 8. The first-order valence-corrected chi connectivity index (χ1v) is 36.1. The number of benzene rings is 13. The van der Waals surface area contributed by atoms with Crippen LogP contribution in [0.25, 0.3) is 110 Å². The topological polar surface area (TPSA) is 73.8 Å². The second-order valence-corrected chi connectivity index (χ2v) is 32.7. The van der Waals surface area contributed by atoms with E-state index in [0.717, 1.165) is 116 Å². The second kappa shape index (κ2) is 22.6. The van der Waals surface area contributed by atoms with Crippen molar-refractivity contribution in [2.75, 3.05) is 9.80 Å². The van der Waals surface area contributed by atoms with Gasteiger partial charge in [-0.15, -0.1) is 0 Å². The van der Waals surface area contributed by atoms with E-state index in [1.54, 1.807) is 4.57 Å². The molecule has 13 aromatic carbocycles. The molecule has 0 aliphatic carbocycles. The van der Waals surface area contributed by atoms with Crippen LogP contribution in [0.2, 0.25) is 0 Å². The molecule has 105 heavy (non-hydrogen) atoms. The summed E-state index contributed by atoms with van der Waals surface area (Å²) in [5.41, 5.74) is 19.5. The van der Waals surface area contributed by atoms with Gasteiger partial charge in [0.25, 0.3) is 6.71 Å². The van der Waals surface area contributed by atoms with Crippen molar-refractivity contribution in [2.24, 2.45) is 0 Å². The maximum absolute atomic E-state index is 12.4. The summed E-state index contributed by atoms with van der Waals surface area (Å²) >= 11 is 0. The Hall–Kier alpha value is -12.3. The van der Waals surface area contributed by atoms with Gasteiger partial charge in [0.2, 0.25) is 0 Å². The van der Waals surface area contributed by atoms with Crippen LogP contribution in [0.4, 0.5) is 34.1 Å². The van der Waals surface area contributed by atoms with Crippen LogP contribution in [-0.2, 0) is 21.7 Å². The number of rotatable bonds is 6. The number of para-hydroxylation sites is 5. The van der Waals surface area contributed by atoms with Crippen LogP contribution < -0.4 is 26.2 Å². The van der Waals surface area contributed by atoms with Crippen molar-refractivity contribution >= 4 is 144 Å². The van der Waals surface area contributed by atoms with Gasteiger partial charge in [-0.3, -0.25) is 0 Å². The number of anilines is 6. The van der Waals surface area contributed by atoms with E-state index < -0.39 is 60.5 Å². The lowest BCUT2D eigenvalue weighted by atomic mass is 9.33. The summed E-state index contributed by atoms with van der Waals surface area (Å²) in [5.74, 6) is 0. The second-order valence-electron chi connectivity index (χ2n) is 32.7. The maximum atomic E-state index is 12.4. The molecule has 0 radical (unpaired) electrons. The van der Waals surface area contributed by atoms with Gasteiger partial charge in [-0.2, -0.15) is 10.5 Å². The van der Waals surface area contributed by atoms with E-state index in [1.807, 2.05) is 54.6 Å². The van der Waals surface area contributed by atoms with Crippen LogP contribution in [0, 0.1) is 22.7 Å². The summed E-state index contributed by atoms with van der Waals surface area (Å²) in [6.07, 6.45) is 0. The normalized spacial score (nSPS) is 14.3. The Balaban J connectivity index is 0.963. The highest BCUT2D eigenvalue weighted by Gasteiger charge is 2.46. The number of nitriles is 2. The average Bonchev–Trinajstić information content (AvgIpc) is 1.68. The Morgan fingerprint density at radius 2 is 0.676 bits per heavy atom. The molecule has 9 heteroatoms. The standard InChI is InChI=1S/C96H79BN8/c1-93(2,3)59-37-45-84-71(48-59)70-28-17-20-31-79(70)101(84)63-40-36-58(56-98)87(53-63)105-89-55-64(100-77-29-18-13-24-66(77)67-25-14-19-30-78(67)100)41-44-76(89)97-75-43-42-65(102-85-46-38-60(94(4,5)6)49-72(85)73-50-61(95(7,8)9)39-47-86(73)102)54-88(75)104(90-51-62(96(10,11)12)52-91(105)92(90)97)83-35-23-34-82(74(83)57-99)103-80-32-21-15-26-68(80)69-27-16-22-33-81(69)103/h13-55H,1-12H3/i13D,14D,18D,19D,24D,25D,29D,30D. The molecular formula is C96H79BN8. The Bertz CT molecular complexity index is 7010. The zero-order valence-electron chi connectivity index (χ0n) is 68.9. The number of fused-ring (bicyclic) bond motifs is 16. The van der Waals surface area contributed by atoms with E-state index in [4.69, 9.17) is 2.74 Å². The molecule has 0 bridgehead atoms. The lowest BCUT2D eigenvalue weighted by Crippen LogP contribution is -2.61. The van der Waals surface area contributed by atoms with Gasteiger partial charge in [-0.25, -0.2) is 0 Å². The van der Waals surface area contributed by atoms with E-state index in [1.165, 1.54) is 16.7 Å². The summed E-state index contributed by atoms with van der Waals surface area (Å²) in [6.45, 7) is 26.1. The summed E-state index contributed by atoms with van der Waals surface area (Å²) in [6, 6.07) is 76.5. The molecule has 0 amide bonds. The summed E-state index contributed by atoms with van der Waals surface area (Å²) < 4.78 is 83.6. The predicted octanol–water partition coefficient (Wildman–Crippen LogP) is 23.1. The van der Waals surface area contributed by atoms with E-state index in [0.29, 0.717) is 39.6 Å². The van der Waals surface area contributed by atoms with Gasteiger partial charge >= 0.3 is 0 Å². The molecule has 6 heterocycles. The lowest BCUT2D eigenvalue weighted by Gasteiger charge is -2.45. The van der Waals surface area contributed by atoms with Crippen LogP contribution in [0.15, 0.2) is 261 Å². The molecule has 19 rings (SSSR count). The Kier molecular flexibility index (Phi) is 11.9. The molecule has 2 aliphatic rings.